The number of nitrogens with one attached hydrogen (secondary N) is 2. The summed E-state index contributed by atoms with van der Waals surface area (Å²) >= 11 is 0. The number of hydrogen-bond acceptors (Lipinski definition) is 3. The van der Waals surface area contributed by atoms with Crippen LogP contribution in [-0.2, 0) is 4.74 Å². The summed E-state index contributed by atoms with van der Waals surface area (Å²) in [5, 5.41) is 11.8. The Morgan fingerprint density at radius 2 is 2.00 bits per heavy atom. The first-order valence-corrected chi connectivity index (χ1v) is 7.13. The molecular weight excluding hydrogens is 272 g/mol. The Morgan fingerprint density at radius 1 is 1.33 bits per heavy atom. The molecule has 0 atom stereocenters. The molecule has 0 aliphatic heterocycles. The number of aromatic nitrogens is 1. The zero-order valence-electron chi connectivity index (χ0n) is 13.1. The number of carboxylic acids is 1. The first-order valence-electron chi connectivity index (χ1n) is 7.13. The van der Waals surface area contributed by atoms with Gasteiger partial charge in [0, 0.05) is 25.5 Å². The quantitative estimate of drug-likeness (QED) is 0.641. The number of carbonyl (C=O) groups is 2. The van der Waals surface area contributed by atoms with Crippen LogP contribution in [0.5, 0.6) is 0 Å². The fraction of sp³-hybridized carbons (Fsp3) is 0.600. The summed E-state index contributed by atoms with van der Waals surface area (Å²) in [7, 11) is 0. The van der Waals surface area contributed by atoms with Gasteiger partial charge in [-0.15, -0.1) is 0 Å². The molecule has 118 valence electrons. The first-order chi connectivity index (χ1) is 9.84. The molecule has 0 spiro atoms. The van der Waals surface area contributed by atoms with E-state index in [4.69, 9.17) is 9.84 Å². The van der Waals surface area contributed by atoms with Crippen molar-refractivity contribution in [3.8, 4) is 0 Å². The van der Waals surface area contributed by atoms with Crippen LogP contribution in [0.2, 0.25) is 0 Å². The highest BCUT2D eigenvalue weighted by molar-refractivity contribution is 6.00. The minimum Gasteiger partial charge on any atom is -0.477 e. The highest BCUT2D eigenvalue weighted by atomic mass is 16.5. The lowest BCUT2D eigenvalue weighted by atomic mass is 10.1. The zero-order chi connectivity index (χ0) is 16.0. The number of aryl methyl sites for hydroxylation is 1. The summed E-state index contributed by atoms with van der Waals surface area (Å²) in [4.78, 5) is 25.8. The summed E-state index contributed by atoms with van der Waals surface area (Å²) in [6, 6.07) is 0. The van der Waals surface area contributed by atoms with Crippen molar-refractivity contribution in [2.45, 2.75) is 34.1 Å². The Labute approximate surface area is 124 Å². The standard InChI is InChI=1S/C15H24N2O4/c1-9(2)8-21-7-5-6-16-14(18)12-10(3)13(15(19)20)17-11(12)4/h9,17H,5-8H2,1-4H3,(H,16,18)(H,19,20). The van der Waals surface area contributed by atoms with Crippen LogP contribution in [0.4, 0.5) is 0 Å². The van der Waals surface area contributed by atoms with E-state index in [1.807, 2.05) is 0 Å². The van der Waals surface area contributed by atoms with Crippen molar-refractivity contribution in [3.63, 3.8) is 0 Å². The molecule has 1 aromatic rings. The Hall–Kier alpha value is -1.82. The number of carbonyl (C=O) groups excluding carboxylic acids is 1. The molecule has 1 aromatic heterocycles. The molecule has 0 saturated heterocycles. The van der Waals surface area contributed by atoms with E-state index in [9.17, 15) is 9.59 Å². The van der Waals surface area contributed by atoms with Gasteiger partial charge in [0.05, 0.1) is 5.56 Å². The minimum absolute atomic E-state index is 0.0675. The van der Waals surface area contributed by atoms with Crippen molar-refractivity contribution in [1.82, 2.24) is 10.3 Å². The van der Waals surface area contributed by atoms with E-state index in [0.29, 0.717) is 42.5 Å². The summed E-state index contributed by atoms with van der Waals surface area (Å²) < 4.78 is 5.43. The average Bonchev–Trinajstić information content (AvgIpc) is 2.68. The molecule has 0 saturated carbocycles. The van der Waals surface area contributed by atoms with Crippen LogP contribution in [0, 0.1) is 19.8 Å². The van der Waals surface area contributed by atoms with Gasteiger partial charge in [0.15, 0.2) is 0 Å². The predicted octanol–water partition coefficient (Wildman–Crippen LogP) is 2.12. The number of ether oxygens (including phenoxy) is 1. The van der Waals surface area contributed by atoms with Crippen LogP contribution in [0.25, 0.3) is 0 Å². The van der Waals surface area contributed by atoms with Crippen molar-refractivity contribution < 1.29 is 19.4 Å². The third-order valence-corrected chi connectivity index (χ3v) is 3.08. The van der Waals surface area contributed by atoms with Gasteiger partial charge >= 0.3 is 5.97 Å². The second kappa shape index (κ2) is 7.83. The Bertz CT molecular complexity index is 506. The molecule has 0 radical (unpaired) electrons. The normalized spacial score (nSPS) is 10.9. The molecule has 6 nitrogen and oxygen atoms in total. The van der Waals surface area contributed by atoms with Crippen molar-refractivity contribution in [1.29, 1.82) is 0 Å². The fourth-order valence-electron chi connectivity index (χ4n) is 2.09. The van der Waals surface area contributed by atoms with Gasteiger partial charge in [0.1, 0.15) is 5.69 Å². The van der Waals surface area contributed by atoms with E-state index in [2.05, 4.69) is 24.1 Å². The van der Waals surface area contributed by atoms with Crippen molar-refractivity contribution >= 4 is 11.9 Å². The summed E-state index contributed by atoms with van der Waals surface area (Å²) in [5.41, 5.74) is 1.51. The number of carboxylic acid groups (broad SMARTS) is 1. The maximum Gasteiger partial charge on any atom is 0.352 e. The summed E-state index contributed by atoms with van der Waals surface area (Å²) in [6.45, 7) is 9.31. The molecule has 6 heteroatoms. The van der Waals surface area contributed by atoms with Crippen LogP contribution >= 0.6 is 0 Å². The topological polar surface area (TPSA) is 91.4 Å². The lowest BCUT2D eigenvalue weighted by molar-refractivity contribution is 0.0690. The van der Waals surface area contributed by atoms with E-state index in [1.54, 1.807) is 13.8 Å². The van der Waals surface area contributed by atoms with Crippen LogP contribution in [0.3, 0.4) is 0 Å². The average molecular weight is 296 g/mol. The molecule has 0 aromatic carbocycles. The van der Waals surface area contributed by atoms with Gasteiger partial charge in [0.2, 0.25) is 0 Å². The predicted molar refractivity (Wildman–Crippen MR) is 79.8 cm³/mol. The van der Waals surface area contributed by atoms with Gasteiger partial charge in [-0.2, -0.15) is 0 Å². The van der Waals surface area contributed by atoms with Crippen molar-refractivity contribution in [3.05, 3.63) is 22.5 Å². The number of rotatable bonds is 8. The van der Waals surface area contributed by atoms with E-state index in [0.717, 1.165) is 6.42 Å². The van der Waals surface area contributed by atoms with Gasteiger partial charge < -0.3 is 20.1 Å². The summed E-state index contributed by atoms with van der Waals surface area (Å²) in [5.74, 6) is -0.812. The van der Waals surface area contributed by atoms with Crippen LogP contribution in [0.1, 0.15) is 52.4 Å². The molecule has 0 aliphatic carbocycles. The third-order valence-electron chi connectivity index (χ3n) is 3.08. The maximum absolute atomic E-state index is 12.1. The molecule has 0 fully saturated rings. The van der Waals surface area contributed by atoms with Crippen LogP contribution < -0.4 is 5.32 Å². The second-order valence-corrected chi connectivity index (χ2v) is 5.51. The van der Waals surface area contributed by atoms with E-state index in [-0.39, 0.29) is 11.6 Å². The van der Waals surface area contributed by atoms with Gasteiger partial charge in [-0.25, -0.2) is 4.79 Å². The molecule has 0 unspecified atom stereocenters. The molecule has 1 rings (SSSR count). The monoisotopic (exact) mass is 296 g/mol. The second-order valence-electron chi connectivity index (χ2n) is 5.51. The summed E-state index contributed by atoms with van der Waals surface area (Å²) in [6.07, 6.45) is 0.729. The van der Waals surface area contributed by atoms with Crippen molar-refractivity contribution in [2.75, 3.05) is 19.8 Å². The number of H-pyrrole nitrogens is 1. The van der Waals surface area contributed by atoms with Crippen LogP contribution in [-0.4, -0.2) is 41.7 Å². The van der Waals surface area contributed by atoms with Gasteiger partial charge in [-0.1, -0.05) is 13.8 Å². The number of hydrogen-bond donors (Lipinski definition) is 3. The lowest BCUT2D eigenvalue weighted by Crippen LogP contribution is -2.26. The number of amides is 1. The largest absolute Gasteiger partial charge is 0.477 e. The highest BCUT2D eigenvalue weighted by Gasteiger charge is 2.21. The number of aromatic amines is 1. The molecular formula is C15H24N2O4. The number of aromatic carboxylic acids is 1. The smallest absolute Gasteiger partial charge is 0.352 e. The van der Waals surface area contributed by atoms with E-state index in [1.165, 1.54) is 0 Å². The van der Waals surface area contributed by atoms with Gasteiger partial charge in [-0.05, 0) is 31.7 Å². The third kappa shape index (κ3) is 4.90. The molecule has 21 heavy (non-hydrogen) atoms. The zero-order valence-corrected chi connectivity index (χ0v) is 13.1. The highest BCUT2D eigenvalue weighted by Crippen LogP contribution is 2.17. The maximum atomic E-state index is 12.1. The first kappa shape index (κ1) is 17.2. The SMILES string of the molecule is Cc1[nH]c(C(=O)O)c(C)c1C(=O)NCCCOCC(C)C. The fourth-order valence-corrected chi connectivity index (χ4v) is 2.09. The van der Waals surface area contributed by atoms with Gasteiger partial charge in [-0.3, -0.25) is 4.79 Å². The molecule has 1 amide bonds. The van der Waals surface area contributed by atoms with Crippen molar-refractivity contribution in [2.24, 2.45) is 5.92 Å². The molecule has 0 bridgehead atoms. The lowest BCUT2D eigenvalue weighted by Gasteiger charge is -2.08. The van der Waals surface area contributed by atoms with E-state index < -0.39 is 5.97 Å². The van der Waals surface area contributed by atoms with Gasteiger partial charge in [0.25, 0.3) is 5.91 Å². The molecule has 0 aliphatic rings. The Morgan fingerprint density at radius 3 is 2.52 bits per heavy atom. The Kier molecular flexibility index (Phi) is 6.42. The molecule has 1 heterocycles. The van der Waals surface area contributed by atoms with E-state index >= 15 is 0 Å². The molecule has 3 N–H and O–H groups in total. The Balaban J connectivity index is 2.48. The van der Waals surface area contributed by atoms with Crippen LogP contribution in [0.15, 0.2) is 0 Å². The minimum atomic E-state index is -1.06.